The third-order valence-corrected chi connectivity index (χ3v) is 3.86. The number of hydrogen-bond acceptors (Lipinski definition) is 6. The molecule has 1 amide bonds. The number of nitrogens with zero attached hydrogens (tertiary/aromatic N) is 1. The van der Waals surface area contributed by atoms with E-state index in [4.69, 9.17) is 21.5 Å². The molecule has 0 aliphatic heterocycles. The van der Waals surface area contributed by atoms with Crippen LogP contribution in [0.2, 0.25) is 0 Å². The third kappa shape index (κ3) is 3.43. The number of para-hydroxylation sites is 1. The van der Waals surface area contributed by atoms with E-state index in [1.807, 2.05) is 36.4 Å². The number of anilines is 2. The monoisotopic (exact) mass is 302 g/mol. The second-order valence-corrected chi connectivity index (χ2v) is 5.13. The zero-order chi connectivity index (χ0) is 15.2. The van der Waals surface area contributed by atoms with Crippen LogP contribution in [-0.2, 0) is 0 Å². The predicted octanol–water partition coefficient (Wildman–Crippen LogP) is 1.79. The highest BCUT2D eigenvalue weighted by Gasteiger charge is 2.18. The molecular weight excluding hydrogens is 288 g/mol. The number of nitrogens with one attached hydrogen (secondary N) is 1. The highest BCUT2D eigenvalue weighted by atomic mass is 32.1. The molecule has 2 aromatic rings. The first kappa shape index (κ1) is 14.7. The highest BCUT2D eigenvalue weighted by Crippen LogP contribution is 2.34. The summed E-state index contributed by atoms with van der Waals surface area (Å²) in [6.07, 6.45) is 0. The molecule has 6 nitrogen and oxygen atoms in total. The number of amides is 1. The summed E-state index contributed by atoms with van der Waals surface area (Å²) in [4.78, 5) is 11.4. The van der Waals surface area contributed by atoms with Crippen molar-refractivity contribution in [1.82, 2.24) is 0 Å². The van der Waals surface area contributed by atoms with E-state index < -0.39 is 5.91 Å². The van der Waals surface area contributed by atoms with Crippen LogP contribution in [0.5, 0.6) is 5.75 Å². The molecule has 7 heteroatoms. The maximum Gasteiger partial charge on any atom is 0.261 e. The molecule has 0 fully saturated rings. The maximum absolute atomic E-state index is 11.2. The molecule has 0 spiro atoms. The number of hydrogen-bond donors (Lipinski definition) is 3. The lowest BCUT2D eigenvalue weighted by Gasteiger charge is -2.07. The van der Waals surface area contributed by atoms with Crippen LogP contribution < -0.4 is 21.5 Å². The van der Waals surface area contributed by atoms with Gasteiger partial charge in [0.2, 0.25) is 0 Å². The van der Waals surface area contributed by atoms with Gasteiger partial charge in [0.05, 0.1) is 5.69 Å². The number of nitrogens with two attached hydrogens (primary N) is 2. The number of benzene rings is 1. The Bertz CT molecular complexity index is 676. The van der Waals surface area contributed by atoms with E-state index in [0.29, 0.717) is 18.2 Å². The van der Waals surface area contributed by atoms with Crippen LogP contribution in [0.3, 0.4) is 0 Å². The average molecular weight is 302 g/mol. The first-order chi connectivity index (χ1) is 10.1. The fourth-order valence-electron chi connectivity index (χ4n) is 1.71. The van der Waals surface area contributed by atoms with Crippen LogP contribution in [-0.4, -0.2) is 19.1 Å². The number of thiophene rings is 1. The van der Waals surface area contributed by atoms with Crippen molar-refractivity contribution < 1.29 is 9.53 Å². The second-order valence-electron chi connectivity index (χ2n) is 4.11. The SMILES string of the molecule is N#Cc1c(NCCOc2ccccc2)sc(C(N)=O)c1N. The van der Waals surface area contributed by atoms with Crippen molar-refractivity contribution in [3.63, 3.8) is 0 Å². The minimum atomic E-state index is -0.636. The van der Waals surface area contributed by atoms with Gasteiger partial charge in [-0.1, -0.05) is 18.2 Å². The van der Waals surface area contributed by atoms with Crippen LogP contribution in [0.15, 0.2) is 30.3 Å². The van der Waals surface area contributed by atoms with E-state index in [9.17, 15) is 4.79 Å². The van der Waals surface area contributed by atoms with Crippen molar-refractivity contribution in [3.05, 3.63) is 40.8 Å². The van der Waals surface area contributed by atoms with Gasteiger partial charge >= 0.3 is 0 Å². The Morgan fingerprint density at radius 3 is 2.71 bits per heavy atom. The summed E-state index contributed by atoms with van der Waals surface area (Å²) < 4.78 is 5.52. The lowest BCUT2D eigenvalue weighted by atomic mass is 10.2. The molecule has 0 bridgehead atoms. The van der Waals surface area contributed by atoms with E-state index >= 15 is 0 Å². The van der Waals surface area contributed by atoms with Gasteiger partial charge in [0.25, 0.3) is 5.91 Å². The van der Waals surface area contributed by atoms with E-state index in [1.165, 1.54) is 0 Å². The molecule has 108 valence electrons. The first-order valence-corrected chi connectivity index (χ1v) is 6.99. The number of nitriles is 1. The smallest absolute Gasteiger partial charge is 0.261 e. The summed E-state index contributed by atoms with van der Waals surface area (Å²) in [6.45, 7) is 0.889. The molecule has 1 aromatic carbocycles. The molecule has 0 aliphatic rings. The van der Waals surface area contributed by atoms with E-state index in [1.54, 1.807) is 0 Å². The predicted molar refractivity (Wildman–Crippen MR) is 82.4 cm³/mol. The lowest BCUT2D eigenvalue weighted by Crippen LogP contribution is -2.11. The molecule has 0 saturated carbocycles. The molecule has 0 saturated heterocycles. The first-order valence-electron chi connectivity index (χ1n) is 6.17. The molecule has 2 rings (SSSR count). The lowest BCUT2D eigenvalue weighted by molar-refractivity contribution is 0.100. The van der Waals surface area contributed by atoms with E-state index in [0.717, 1.165) is 17.1 Å². The molecule has 21 heavy (non-hydrogen) atoms. The van der Waals surface area contributed by atoms with Gasteiger partial charge in [-0.2, -0.15) is 5.26 Å². The summed E-state index contributed by atoms with van der Waals surface area (Å²) in [5.41, 5.74) is 11.3. The van der Waals surface area contributed by atoms with Crippen molar-refractivity contribution in [2.75, 3.05) is 24.2 Å². The van der Waals surface area contributed by atoms with Crippen LogP contribution in [0.25, 0.3) is 0 Å². The van der Waals surface area contributed by atoms with Crippen LogP contribution in [0.4, 0.5) is 10.7 Å². The summed E-state index contributed by atoms with van der Waals surface area (Å²) in [5, 5.41) is 12.6. The molecule has 0 aliphatic carbocycles. The molecule has 5 N–H and O–H groups in total. The van der Waals surface area contributed by atoms with Crippen molar-refractivity contribution in [1.29, 1.82) is 5.26 Å². The second kappa shape index (κ2) is 6.63. The topological polar surface area (TPSA) is 114 Å². The zero-order valence-electron chi connectivity index (χ0n) is 11.1. The number of carbonyl (C=O) groups is 1. The quantitative estimate of drug-likeness (QED) is 0.704. The van der Waals surface area contributed by atoms with Gasteiger partial charge in [-0.15, -0.1) is 11.3 Å². The van der Waals surface area contributed by atoms with Crippen LogP contribution in [0, 0.1) is 11.3 Å². The minimum absolute atomic E-state index is 0.126. The molecule has 0 unspecified atom stereocenters. The number of carbonyl (C=O) groups excluding carboxylic acids is 1. The Labute approximate surface area is 125 Å². The largest absolute Gasteiger partial charge is 0.492 e. The van der Waals surface area contributed by atoms with E-state index in [2.05, 4.69) is 5.32 Å². The molecular formula is C14H14N4O2S. The summed E-state index contributed by atoms with van der Waals surface area (Å²) in [6, 6.07) is 11.4. The Kier molecular flexibility index (Phi) is 4.64. The van der Waals surface area contributed by atoms with Gasteiger partial charge in [0.15, 0.2) is 0 Å². The van der Waals surface area contributed by atoms with Gasteiger partial charge in [-0.3, -0.25) is 4.79 Å². The normalized spacial score (nSPS) is 9.86. The Morgan fingerprint density at radius 1 is 1.38 bits per heavy atom. The number of nitrogen functional groups attached to an aromatic ring is 1. The molecule has 1 heterocycles. The summed E-state index contributed by atoms with van der Waals surface area (Å²) in [7, 11) is 0. The third-order valence-electron chi connectivity index (χ3n) is 2.68. The van der Waals surface area contributed by atoms with Crippen molar-refractivity contribution in [2.24, 2.45) is 5.73 Å². The number of rotatable bonds is 6. The van der Waals surface area contributed by atoms with E-state index in [-0.39, 0.29) is 16.1 Å². The molecule has 1 aromatic heterocycles. The Balaban J connectivity index is 1.96. The fraction of sp³-hybridized carbons (Fsp3) is 0.143. The van der Waals surface area contributed by atoms with Gasteiger partial charge in [0, 0.05) is 6.54 Å². The molecule has 0 atom stereocenters. The Hall–Kier alpha value is -2.72. The summed E-state index contributed by atoms with van der Waals surface area (Å²) >= 11 is 1.08. The van der Waals surface area contributed by atoms with Crippen molar-refractivity contribution in [3.8, 4) is 11.8 Å². The molecule has 0 radical (unpaired) electrons. The zero-order valence-corrected chi connectivity index (χ0v) is 11.9. The minimum Gasteiger partial charge on any atom is -0.492 e. The van der Waals surface area contributed by atoms with Gasteiger partial charge in [0.1, 0.15) is 33.9 Å². The average Bonchev–Trinajstić information content (AvgIpc) is 2.81. The highest BCUT2D eigenvalue weighted by molar-refractivity contribution is 7.18. The van der Waals surface area contributed by atoms with Crippen LogP contribution in [0.1, 0.15) is 15.2 Å². The summed E-state index contributed by atoms with van der Waals surface area (Å²) in [5.74, 6) is 0.130. The maximum atomic E-state index is 11.2. The van der Waals surface area contributed by atoms with Crippen molar-refractivity contribution in [2.45, 2.75) is 0 Å². The fourth-order valence-corrected chi connectivity index (χ4v) is 2.66. The standard InChI is InChI=1S/C14H14N4O2S/c15-8-10-11(16)12(13(17)19)21-14(10)18-6-7-20-9-4-2-1-3-5-9/h1-5,18H,6-7,16H2,(H2,17,19). The van der Waals surface area contributed by atoms with Gasteiger partial charge < -0.3 is 21.5 Å². The Morgan fingerprint density at radius 2 is 2.10 bits per heavy atom. The van der Waals surface area contributed by atoms with Crippen LogP contribution >= 0.6 is 11.3 Å². The van der Waals surface area contributed by atoms with Gasteiger partial charge in [-0.25, -0.2) is 0 Å². The number of ether oxygens (including phenoxy) is 1. The number of primary amides is 1. The van der Waals surface area contributed by atoms with Gasteiger partial charge in [-0.05, 0) is 12.1 Å². The van der Waals surface area contributed by atoms with Crippen molar-refractivity contribution >= 4 is 27.9 Å².